The van der Waals surface area contributed by atoms with Crippen molar-refractivity contribution in [1.29, 1.82) is 0 Å². The van der Waals surface area contributed by atoms with Crippen molar-refractivity contribution >= 4 is 23.7 Å². The molecule has 5 atom stereocenters. The predicted molar refractivity (Wildman–Crippen MR) is 130 cm³/mol. The number of carbonyl (C=O) groups excluding carboxylic acids is 4. The fourth-order valence-electron chi connectivity index (χ4n) is 3.94. The quantitative estimate of drug-likeness (QED) is 0.527. The van der Waals surface area contributed by atoms with Crippen LogP contribution >= 0.6 is 0 Å². The minimum absolute atomic E-state index is 0.0521. The fraction of sp³-hybridized carbons (Fsp3) is 0.615. The lowest BCUT2D eigenvalue weighted by Crippen LogP contribution is -2.55. The number of ether oxygens (including phenoxy) is 1. The van der Waals surface area contributed by atoms with Crippen molar-refractivity contribution in [3.05, 3.63) is 35.9 Å². The number of benzene rings is 1. The maximum absolute atomic E-state index is 13.1. The largest absolute Gasteiger partial charge is 0.460 e. The highest BCUT2D eigenvalue weighted by atomic mass is 16.5. The van der Waals surface area contributed by atoms with Gasteiger partial charge in [-0.3, -0.25) is 14.4 Å². The second-order valence-corrected chi connectivity index (χ2v) is 9.57. The summed E-state index contributed by atoms with van der Waals surface area (Å²) < 4.78 is 5.81. The highest BCUT2D eigenvalue weighted by Gasteiger charge is 2.34. The molecule has 1 aliphatic heterocycles. The first-order valence-electron chi connectivity index (χ1n) is 12.3. The minimum Gasteiger partial charge on any atom is -0.460 e. The molecule has 1 aromatic carbocycles. The summed E-state index contributed by atoms with van der Waals surface area (Å²) in [7, 11) is 0. The van der Waals surface area contributed by atoms with Gasteiger partial charge in [-0.05, 0) is 30.7 Å². The van der Waals surface area contributed by atoms with Crippen LogP contribution in [-0.2, 0) is 30.3 Å². The molecule has 0 aromatic heterocycles. The Bertz CT molecular complexity index is 842. The number of carbonyl (C=O) groups is 4. The topological polar surface area (TPSA) is 114 Å². The molecule has 0 spiro atoms. The molecule has 1 saturated heterocycles. The highest BCUT2D eigenvalue weighted by molar-refractivity contribution is 5.94. The van der Waals surface area contributed by atoms with Crippen LogP contribution in [-0.4, -0.2) is 47.9 Å². The maximum atomic E-state index is 13.1. The van der Waals surface area contributed by atoms with Gasteiger partial charge < -0.3 is 20.7 Å². The summed E-state index contributed by atoms with van der Waals surface area (Å²) in [6.45, 7) is 9.20. The van der Waals surface area contributed by atoms with Gasteiger partial charge in [-0.2, -0.15) is 0 Å². The van der Waals surface area contributed by atoms with E-state index in [1.807, 2.05) is 51.1 Å². The molecular weight excluding hydrogens is 434 g/mol. The van der Waals surface area contributed by atoms with Gasteiger partial charge in [-0.25, -0.2) is 4.79 Å². The van der Waals surface area contributed by atoms with Gasteiger partial charge in [0, 0.05) is 6.42 Å². The molecule has 34 heavy (non-hydrogen) atoms. The number of rotatable bonds is 7. The van der Waals surface area contributed by atoms with E-state index in [4.69, 9.17) is 4.74 Å². The number of nitrogens with one attached hydrogen (secondary N) is 3. The zero-order valence-electron chi connectivity index (χ0n) is 20.9. The normalized spacial score (nSPS) is 25.7. The number of cyclic esters (lactones) is 1. The van der Waals surface area contributed by atoms with Gasteiger partial charge in [0.25, 0.3) is 0 Å². The molecular formula is C26H39N3O5. The molecule has 3 amide bonds. The fourth-order valence-corrected chi connectivity index (χ4v) is 3.94. The summed E-state index contributed by atoms with van der Waals surface area (Å²) in [6, 6.07) is 6.72. The van der Waals surface area contributed by atoms with Gasteiger partial charge in [0.1, 0.15) is 24.2 Å². The molecule has 1 fully saturated rings. The molecule has 1 aliphatic rings. The van der Waals surface area contributed by atoms with Gasteiger partial charge in [-0.1, -0.05) is 70.9 Å². The van der Waals surface area contributed by atoms with Gasteiger partial charge in [0.15, 0.2) is 0 Å². The third-order valence-corrected chi connectivity index (χ3v) is 6.21. The first kappa shape index (κ1) is 27.3. The Labute approximate surface area is 202 Å². The number of unbranched alkanes of at least 4 members (excludes halogenated alkanes) is 1. The summed E-state index contributed by atoms with van der Waals surface area (Å²) in [5.74, 6) is -2.15. The molecule has 2 rings (SSSR count). The van der Waals surface area contributed by atoms with E-state index in [0.717, 1.165) is 24.8 Å². The molecule has 1 aromatic rings. The number of amides is 3. The first-order valence-corrected chi connectivity index (χ1v) is 12.3. The van der Waals surface area contributed by atoms with Crippen LogP contribution in [0.15, 0.2) is 30.3 Å². The van der Waals surface area contributed by atoms with Crippen molar-refractivity contribution in [3.63, 3.8) is 0 Å². The molecule has 0 saturated carbocycles. The summed E-state index contributed by atoms with van der Waals surface area (Å²) in [5.41, 5.74) is 0.878. The van der Waals surface area contributed by atoms with E-state index < -0.39 is 42.0 Å². The van der Waals surface area contributed by atoms with Crippen molar-refractivity contribution < 1.29 is 23.9 Å². The van der Waals surface area contributed by atoms with E-state index in [1.54, 1.807) is 6.92 Å². The van der Waals surface area contributed by atoms with Crippen LogP contribution < -0.4 is 16.0 Å². The summed E-state index contributed by atoms with van der Waals surface area (Å²) in [4.78, 5) is 51.9. The molecule has 0 aliphatic carbocycles. The average molecular weight is 474 g/mol. The van der Waals surface area contributed by atoms with E-state index in [0.29, 0.717) is 0 Å². The molecule has 2 unspecified atom stereocenters. The molecule has 8 nitrogen and oxygen atoms in total. The highest BCUT2D eigenvalue weighted by Crippen LogP contribution is 2.20. The molecule has 1 heterocycles. The molecule has 0 bridgehead atoms. The zero-order chi connectivity index (χ0) is 25.3. The molecule has 3 N–H and O–H groups in total. The summed E-state index contributed by atoms with van der Waals surface area (Å²) in [5, 5.41) is 8.20. The number of hydrogen-bond acceptors (Lipinski definition) is 5. The minimum atomic E-state index is -0.892. The standard InChI is InChI=1S/C26H39N3O5/c1-6-7-11-17(4)21-15-22(30)28-20(14-19-12-9-8-10-13-19)25(32)27-18(5)24(31)29-23(16(2)3)26(33)34-21/h8-10,12-13,16-18,20-21,23H,6-7,11,14-15H2,1-5H3,(H,27,32)(H,28,30)(H,29,31)/t17?,18-,20-,21?,23+/m0/s1. The summed E-state index contributed by atoms with van der Waals surface area (Å²) in [6.07, 6.45) is 2.29. The first-order chi connectivity index (χ1) is 16.1. The Kier molecular flexibility index (Phi) is 10.5. The molecule has 0 radical (unpaired) electrons. The smallest absolute Gasteiger partial charge is 0.329 e. The molecule has 188 valence electrons. The van der Waals surface area contributed by atoms with Gasteiger partial charge in [0.05, 0.1) is 6.42 Å². The van der Waals surface area contributed by atoms with Gasteiger partial charge >= 0.3 is 5.97 Å². The third-order valence-electron chi connectivity index (χ3n) is 6.21. The zero-order valence-corrected chi connectivity index (χ0v) is 20.9. The van der Waals surface area contributed by atoms with E-state index in [1.165, 1.54) is 0 Å². The Balaban J connectivity index is 2.35. The monoisotopic (exact) mass is 473 g/mol. The third kappa shape index (κ3) is 8.15. The predicted octanol–water partition coefficient (Wildman–Crippen LogP) is 2.50. The van der Waals surface area contributed by atoms with Crippen molar-refractivity contribution in [2.24, 2.45) is 11.8 Å². The van der Waals surface area contributed by atoms with Crippen molar-refractivity contribution in [1.82, 2.24) is 16.0 Å². The second-order valence-electron chi connectivity index (χ2n) is 9.57. The van der Waals surface area contributed by atoms with Crippen LogP contribution in [0.5, 0.6) is 0 Å². The maximum Gasteiger partial charge on any atom is 0.329 e. The van der Waals surface area contributed by atoms with Gasteiger partial charge in [0.2, 0.25) is 17.7 Å². The number of hydrogen-bond donors (Lipinski definition) is 3. The lowest BCUT2D eigenvalue weighted by molar-refractivity contribution is -0.158. The van der Waals surface area contributed by atoms with Crippen LogP contribution in [0.3, 0.4) is 0 Å². The van der Waals surface area contributed by atoms with Crippen LogP contribution in [0.1, 0.15) is 65.9 Å². The van der Waals surface area contributed by atoms with Crippen LogP contribution in [0, 0.1) is 11.8 Å². The van der Waals surface area contributed by atoms with Gasteiger partial charge in [-0.15, -0.1) is 0 Å². The van der Waals surface area contributed by atoms with E-state index in [2.05, 4.69) is 22.9 Å². The lowest BCUT2D eigenvalue weighted by Gasteiger charge is -2.28. The Morgan fingerprint density at radius 1 is 0.971 bits per heavy atom. The average Bonchev–Trinajstić information content (AvgIpc) is 2.79. The second kappa shape index (κ2) is 13.1. The van der Waals surface area contributed by atoms with E-state index in [9.17, 15) is 19.2 Å². The van der Waals surface area contributed by atoms with Crippen LogP contribution in [0.25, 0.3) is 0 Å². The summed E-state index contributed by atoms with van der Waals surface area (Å²) >= 11 is 0. The lowest BCUT2D eigenvalue weighted by atomic mass is 9.94. The van der Waals surface area contributed by atoms with E-state index >= 15 is 0 Å². The SMILES string of the molecule is CCCCC(C)C1CC(=O)N[C@@H](Cc2ccccc2)C(=O)N[C@@H](C)C(=O)N[C@H](C(C)C)C(=O)O1. The molecule has 8 heteroatoms. The van der Waals surface area contributed by atoms with Crippen molar-refractivity contribution in [2.45, 2.75) is 91.0 Å². The Hall–Kier alpha value is -2.90. The van der Waals surface area contributed by atoms with Crippen molar-refractivity contribution in [2.75, 3.05) is 0 Å². The van der Waals surface area contributed by atoms with Crippen molar-refractivity contribution in [3.8, 4) is 0 Å². The van der Waals surface area contributed by atoms with Crippen LogP contribution in [0.4, 0.5) is 0 Å². The van der Waals surface area contributed by atoms with Crippen LogP contribution in [0.2, 0.25) is 0 Å². The number of esters is 1. The Morgan fingerprint density at radius 3 is 2.26 bits per heavy atom. The van der Waals surface area contributed by atoms with E-state index in [-0.39, 0.29) is 30.6 Å². The Morgan fingerprint density at radius 2 is 1.65 bits per heavy atom.